The van der Waals surface area contributed by atoms with Gasteiger partial charge in [0.2, 0.25) is 5.78 Å². The minimum absolute atomic E-state index is 0.00422. The monoisotopic (exact) mass is 364 g/mol. The Labute approximate surface area is 145 Å². The van der Waals surface area contributed by atoms with Crippen molar-refractivity contribution in [3.8, 4) is 5.75 Å². The van der Waals surface area contributed by atoms with Crippen LogP contribution in [0, 0.1) is 0 Å². The van der Waals surface area contributed by atoms with Crippen LogP contribution in [0.3, 0.4) is 0 Å². The summed E-state index contributed by atoms with van der Waals surface area (Å²) in [5.41, 5.74) is -0.212. The Bertz CT molecular complexity index is 997. The van der Waals surface area contributed by atoms with Crippen molar-refractivity contribution < 1.29 is 17.9 Å². The number of ether oxygens (including phenoxy) is 1. The van der Waals surface area contributed by atoms with Gasteiger partial charge in [-0.2, -0.15) is 0 Å². The summed E-state index contributed by atoms with van der Waals surface area (Å²) in [6.45, 7) is 7.22. The van der Waals surface area contributed by atoms with Gasteiger partial charge in [0.15, 0.2) is 9.84 Å². The number of carbonyl (C=O) groups excluding carboxylic acids is 1. The first-order valence-corrected chi connectivity index (χ1v) is 9.40. The number of H-pyrrole nitrogens is 1. The minimum atomic E-state index is -3.54. The summed E-state index contributed by atoms with van der Waals surface area (Å²) >= 11 is 0. The summed E-state index contributed by atoms with van der Waals surface area (Å²) < 4.78 is 30.4. The normalized spacial score (nSPS) is 11.6. The van der Waals surface area contributed by atoms with Crippen molar-refractivity contribution in [2.45, 2.75) is 24.8 Å². The molecular weight excluding hydrogens is 344 g/mol. The molecule has 2 aromatic rings. The molecule has 0 aliphatic heterocycles. The number of hydrogen-bond acceptors (Lipinski definition) is 5. The Kier molecular flexibility index (Phi) is 5.03. The lowest BCUT2D eigenvalue weighted by molar-refractivity contribution is 0.103. The van der Waals surface area contributed by atoms with Crippen molar-refractivity contribution in [2.75, 3.05) is 13.4 Å². The second-order valence-corrected chi connectivity index (χ2v) is 7.80. The number of ketones is 1. The van der Waals surface area contributed by atoms with E-state index in [4.69, 9.17) is 4.74 Å². The van der Waals surface area contributed by atoms with Gasteiger partial charge in [-0.15, -0.1) is 0 Å². The molecule has 25 heavy (non-hydrogen) atoms. The molecule has 0 aliphatic rings. The van der Waals surface area contributed by atoms with Gasteiger partial charge in [-0.05, 0) is 26.0 Å². The number of hydrogen-bond donors (Lipinski definition) is 1. The molecule has 0 unspecified atom stereocenters. The summed E-state index contributed by atoms with van der Waals surface area (Å²) in [4.78, 5) is 25.2. The van der Waals surface area contributed by atoms with Crippen molar-refractivity contribution in [2.24, 2.45) is 0 Å². The van der Waals surface area contributed by atoms with Gasteiger partial charge in [-0.3, -0.25) is 14.3 Å². The number of benzene rings is 1. The maximum Gasteiger partial charge on any atom is 0.277 e. The zero-order valence-electron chi connectivity index (χ0n) is 14.5. The van der Waals surface area contributed by atoms with E-state index in [1.165, 1.54) is 36.2 Å². The molecule has 0 spiro atoms. The molecule has 8 heteroatoms. The van der Waals surface area contributed by atoms with Crippen LogP contribution in [0.2, 0.25) is 0 Å². The van der Waals surface area contributed by atoms with Crippen LogP contribution in [0.1, 0.15) is 41.4 Å². The van der Waals surface area contributed by atoms with Crippen molar-refractivity contribution in [3.05, 3.63) is 52.0 Å². The number of sulfone groups is 1. The first-order valence-electron chi connectivity index (χ1n) is 7.51. The maximum absolute atomic E-state index is 12.8. The van der Waals surface area contributed by atoms with Gasteiger partial charge in [0.05, 0.1) is 17.6 Å². The van der Waals surface area contributed by atoms with E-state index < -0.39 is 21.2 Å². The fraction of sp³-hybridized carbons (Fsp3) is 0.294. The number of aromatic nitrogens is 2. The van der Waals surface area contributed by atoms with E-state index in [9.17, 15) is 18.0 Å². The lowest BCUT2D eigenvalue weighted by atomic mass is 10.0. The highest BCUT2D eigenvalue weighted by molar-refractivity contribution is 7.90. The Morgan fingerprint density at radius 2 is 1.96 bits per heavy atom. The molecular formula is C17H20N2O5S. The average Bonchev–Trinajstić information content (AvgIpc) is 2.93. The van der Waals surface area contributed by atoms with Crippen molar-refractivity contribution in [3.63, 3.8) is 0 Å². The second-order valence-electron chi connectivity index (χ2n) is 5.82. The quantitative estimate of drug-likeness (QED) is 0.791. The van der Waals surface area contributed by atoms with Crippen molar-refractivity contribution >= 4 is 21.7 Å². The van der Waals surface area contributed by atoms with Crippen molar-refractivity contribution in [1.29, 1.82) is 0 Å². The predicted molar refractivity (Wildman–Crippen MR) is 95.1 cm³/mol. The van der Waals surface area contributed by atoms with Crippen LogP contribution in [-0.4, -0.2) is 37.3 Å². The summed E-state index contributed by atoms with van der Waals surface area (Å²) in [7, 11) is -2.21. The van der Waals surface area contributed by atoms with Crippen LogP contribution < -0.4 is 10.3 Å². The number of nitrogens with zero attached hydrogens (tertiary/aromatic N) is 1. The van der Waals surface area contributed by atoms with Gasteiger partial charge in [0, 0.05) is 24.1 Å². The third-order valence-electron chi connectivity index (χ3n) is 3.77. The molecule has 1 N–H and O–H groups in total. The van der Waals surface area contributed by atoms with E-state index in [1.54, 1.807) is 0 Å². The van der Waals surface area contributed by atoms with E-state index in [2.05, 4.69) is 11.7 Å². The molecule has 0 radical (unpaired) electrons. The number of carbonyl (C=O) groups is 1. The van der Waals surface area contributed by atoms with Gasteiger partial charge in [0.25, 0.3) is 5.56 Å². The molecule has 7 nitrogen and oxygen atoms in total. The molecule has 0 fully saturated rings. The molecule has 1 heterocycles. The van der Waals surface area contributed by atoms with E-state index in [-0.39, 0.29) is 33.4 Å². The molecule has 0 saturated heterocycles. The lowest BCUT2D eigenvalue weighted by Gasteiger charge is -2.13. The zero-order chi connectivity index (χ0) is 18.9. The minimum Gasteiger partial charge on any atom is -0.495 e. The Morgan fingerprint density at radius 1 is 1.32 bits per heavy atom. The third kappa shape index (κ3) is 3.30. The largest absolute Gasteiger partial charge is 0.495 e. The molecule has 1 aromatic heterocycles. The predicted octanol–water partition coefficient (Wildman–Crippen LogP) is 2.04. The van der Waals surface area contributed by atoms with E-state index >= 15 is 0 Å². The fourth-order valence-electron chi connectivity index (χ4n) is 2.57. The van der Waals surface area contributed by atoms with Crippen LogP contribution in [0.4, 0.5) is 0 Å². The molecule has 0 atom stereocenters. The summed E-state index contributed by atoms with van der Waals surface area (Å²) in [5, 5.41) is 2.75. The Morgan fingerprint density at radius 3 is 2.40 bits per heavy atom. The maximum atomic E-state index is 12.8. The highest BCUT2D eigenvalue weighted by Crippen LogP contribution is 2.32. The molecule has 0 bridgehead atoms. The van der Waals surface area contributed by atoms with Gasteiger partial charge >= 0.3 is 0 Å². The Hall–Kier alpha value is -2.61. The van der Waals surface area contributed by atoms with E-state index in [0.29, 0.717) is 0 Å². The fourth-order valence-corrected chi connectivity index (χ4v) is 3.46. The molecule has 134 valence electrons. The van der Waals surface area contributed by atoms with Gasteiger partial charge in [-0.25, -0.2) is 8.42 Å². The summed E-state index contributed by atoms with van der Waals surface area (Å²) in [5.74, 6) is -0.486. The second kappa shape index (κ2) is 6.72. The third-order valence-corrected chi connectivity index (χ3v) is 4.92. The van der Waals surface area contributed by atoms with Crippen LogP contribution in [0.15, 0.2) is 34.6 Å². The van der Waals surface area contributed by atoms with Gasteiger partial charge in [-0.1, -0.05) is 12.7 Å². The highest BCUT2D eigenvalue weighted by Gasteiger charge is 2.25. The first kappa shape index (κ1) is 18.7. The van der Waals surface area contributed by atoms with Crippen LogP contribution in [-0.2, 0) is 9.84 Å². The molecule has 2 rings (SSSR count). The number of aromatic amines is 1. The molecule has 0 amide bonds. The van der Waals surface area contributed by atoms with Crippen molar-refractivity contribution in [1.82, 2.24) is 9.78 Å². The lowest BCUT2D eigenvalue weighted by Crippen LogP contribution is -2.23. The molecule has 0 saturated carbocycles. The average molecular weight is 364 g/mol. The number of nitrogens with one attached hydrogen (secondary N) is 1. The number of methoxy groups -OCH3 is 1. The van der Waals surface area contributed by atoms with E-state index in [1.807, 2.05) is 13.8 Å². The van der Waals surface area contributed by atoms with Crippen LogP contribution >= 0.6 is 0 Å². The molecule has 0 aliphatic carbocycles. The van der Waals surface area contributed by atoms with Gasteiger partial charge < -0.3 is 9.84 Å². The van der Waals surface area contributed by atoms with E-state index in [0.717, 1.165) is 6.26 Å². The smallest absolute Gasteiger partial charge is 0.277 e. The molecule has 1 aromatic carbocycles. The topological polar surface area (TPSA) is 98.2 Å². The first-order chi connectivity index (χ1) is 11.6. The summed E-state index contributed by atoms with van der Waals surface area (Å²) in [6.07, 6.45) is 3.71. The van der Waals surface area contributed by atoms with Crippen LogP contribution in [0.5, 0.6) is 5.75 Å². The zero-order valence-corrected chi connectivity index (χ0v) is 15.3. The standard InChI is InChI=1S/C17H20N2O5S/c1-6-11-14(25(5,22)23)8-7-12(16(11)24-4)15(20)13-9-18-19(10(2)3)17(13)21/h6-10,18H,1H2,2-5H3. The number of rotatable bonds is 6. The Balaban J connectivity index is 2.70. The SMILES string of the molecule is C=Cc1c(S(C)(=O)=O)ccc(C(=O)c2c[nH]n(C(C)C)c2=O)c1OC. The summed E-state index contributed by atoms with van der Waals surface area (Å²) in [6, 6.07) is 2.53. The van der Waals surface area contributed by atoms with Crippen LogP contribution in [0.25, 0.3) is 6.08 Å². The highest BCUT2D eigenvalue weighted by atomic mass is 32.2. The van der Waals surface area contributed by atoms with Gasteiger partial charge in [0.1, 0.15) is 11.3 Å².